The molecule has 1 saturated heterocycles. The number of nitrogens with zero attached hydrogens (tertiary/aromatic N) is 1. The van der Waals surface area contributed by atoms with Gasteiger partial charge in [0.05, 0.1) is 5.52 Å². The average molecular weight is 524 g/mol. The van der Waals surface area contributed by atoms with Gasteiger partial charge in [-0.25, -0.2) is 21.2 Å². The van der Waals surface area contributed by atoms with Gasteiger partial charge >= 0.3 is 0 Å². The van der Waals surface area contributed by atoms with Crippen LogP contribution in [0.2, 0.25) is 0 Å². The maximum Gasteiger partial charge on any atom is 0.266 e. The fourth-order valence-electron chi connectivity index (χ4n) is 4.21. The van der Waals surface area contributed by atoms with E-state index in [1.165, 1.54) is 6.08 Å². The molecule has 1 aliphatic rings. The van der Waals surface area contributed by atoms with E-state index >= 15 is 0 Å². The molecule has 9 heteroatoms. The molecule has 0 radical (unpaired) electrons. The Kier molecular flexibility index (Phi) is 6.69. The van der Waals surface area contributed by atoms with E-state index in [1.807, 2.05) is 0 Å². The maximum absolute atomic E-state index is 14.1. The van der Waals surface area contributed by atoms with Gasteiger partial charge in [0.1, 0.15) is 5.25 Å². The molecule has 2 N–H and O–H groups in total. The highest BCUT2D eigenvalue weighted by atomic mass is 79.9. The summed E-state index contributed by atoms with van der Waals surface area (Å²) >= 11 is 3.39. The average Bonchev–Trinajstić information content (AvgIpc) is 3.18. The van der Waals surface area contributed by atoms with Crippen LogP contribution in [0.3, 0.4) is 0 Å². The lowest BCUT2D eigenvalue weighted by molar-refractivity contribution is 0.153. The Morgan fingerprint density at radius 2 is 1.84 bits per heavy atom. The molecule has 32 heavy (non-hydrogen) atoms. The summed E-state index contributed by atoms with van der Waals surface area (Å²) in [7, 11) is -4.12. The lowest BCUT2D eigenvalue weighted by Gasteiger charge is -2.25. The molecule has 170 valence electrons. The molecule has 2 heterocycles. The first-order valence-corrected chi connectivity index (χ1v) is 12.6. The number of benzene rings is 2. The first-order valence-electron chi connectivity index (χ1n) is 10.4. The Morgan fingerprint density at radius 3 is 2.50 bits per heavy atom. The van der Waals surface area contributed by atoms with Crippen molar-refractivity contribution in [1.29, 1.82) is 0 Å². The second kappa shape index (κ2) is 9.33. The van der Waals surface area contributed by atoms with Crippen molar-refractivity contribution in [2.24, 2.45) is 0 Å². The van der Waals surface area contributed by atoms with Crippen LogP contribution < -0.4 is 10.6 Å². The summed E-state index contributed by atoms with van der Waals surface area (Å²) < 4.78 is 57.0. The van der Waals surface area contributed by atoms with E-state index in [0.717, 1.165) is 36.1 Å². The SMILES string of the molecule is C=CC(c1ccccc1Br)S(=O)(=O)n1cc(C(F)F)c2c(NC3CCNCC3)cccc21. The number of hydrogen-bond donors (Lipinski definition) is 2. The van der Waals surface area contributed by atoms with Gasteiger partial charge in [-0.1, -0.05) is 46.3 Å². The maximum atomic E-state index is 14.1. The van der Waals surface area contributed by atoms with E-state index in [-0.39, 0.29) is 22.5 Å². The van der Waals surface area contributed by atoms with Gasteiger partial charge in [-0.15, -0.1) is 6.58 Å². The lowest BCUT2D eigenvalue weighted by atomic mass is 10.0. The first kappa shape index (κ1) is 22.9. The second-order valence-corrected chi connectivity index (χ2v) is 10.6. The molecular formula is C23H24BrF2N3O2S. The van der Waals surface area contributed by atoms with Crippen molar-refractivity contribution < 1.29 is 17.2 Å². The molecule has 1 aromatic heterocycles. The summed E-state index contributed by atoms with van der Waals surface area (Å²) in [6, 6.07) is 12.0. The van der Waals surface area contributed by atoms with E-state index in [4.69, 9.17) is 0 Å². The molecule has 1 atom stereocenters. The number of alkyl halides is 2. The highest BCUT2D eigenvalue weighted by molar-refractivity contribution is 9.10. The molecule has 2 aromatic carbocycles. The molecule has 1 aliphatic heterocycles. The number of hydrogen-bond acceptors (Lipinski definition) is 4. The molecule has 0 bridgehead atoms. The monoisotopic (exact) mass is 523 g/mol. The molecular weight excluding hydrogens is 500 g/mol. The van der Waals surface area contributed by atoms with Crippen LogP contribution in [0.1, 0.15) is 35.6 Å². The predicted octanol–water partition coefficient (Wildman–Crippen LogP) is 5.61. The van der Waals surface area contributed by atoms with Gasteiger partial charge < -0.3 is 10.6 Å². The van der Waals surface area contributed by atoms with Gasteiger partial charge in [-0.3, -0.25) is 0 Å². The molecule has 3 aromatic rings. The number of nitrogens with one attached hydrogen (secondary N) is 2. The van der Waals surface area contributed by atoms with Crippen LogP contribution in [0, 0.1) is 0 Å². The highest BCUT2D eigenvalue weighted by Crippen LogP contribution is 2.39. The van der Waals surface area contributed by atoms with E-state index < -0.39 is 21.7 Å². The molecule has 5 nitrogen and oxygen atoms in total. The van der Waals surface area contributed by atoms with Gasteiger partial charge in [0.15, 0.2) is 0 Å². The summed E-state index contributed by atoms with van der Waals surface area (Å²) in [6.45, 7) is 5.40. The zero-order valence-electron chi connectivity index (χ0n) is 17.3. The fourth-order valence-corrected chi connectivity index (χ4v) is 6.59. The molecule has 0 saturated carbocycles. The molecule has 0 amide bonds. The Bertz CT molecular complexity index is 1240. The molecule has 4 rings (SSSR count). The van der Waals surface area contributed by atoms with Crippen LogP contribution in [-0.4, -0.2) is 31.5 Å². The minimum Gasteiger partial charge on any atom is -0.382 e. The Labute approximate surface area is 194 Å². The van der Waals surface area contributed by atoms with Crippen LogP contribution in [0.25, 0.3) is 10.9 Å². The quantitative estimate of drug-likeness (QED) is 0.395. The number of piperidine rings is 1. The Morgan fingerprint density at radius 1 is 1.12 bits per heavy atom. The third-order valence-corrected chi connectivity index (χ3v) is 8.44. The van der Waals surface area contributed by atoms with Crippen molar-refractivity contribution in [3.63, 3.8) is 0 Å². The van der Waals surface area contributed by atoms with Gasteiger partial charge in [0, 0.05) is 33.3 Å². The summed E-state index contributed by atoms with van der Waals surface area (Å²) in [6.07, 6.45) is 1.27. The van der Waals surface area contributed by atoms with Crippen LogP contribution in [-0.2, 0) is 10.0 Å². The van der Waals surface area contributed by atoms with Crippen LogP contribution in [0.5, 0.6) is 0 Å². The lowest BCUT2D eigenvalue weighted by Crippen LogP contribution is -2.35. The highest BCUT2D eigenvalue weighted by Gasteiger charge is 2.32. The minimum atomic E-state index is -4.12. The third-order valence-electron chi connectivity index (χ3n) is 5.78. The zero-order valence-corrected chi connectivity index (χ0v) is 19.7. The van der Waals surface area contributed by atoms with Gasteiger partial charge in [0.25, 0.3) is 6.43 Å². The largest absolute Gasteiger partial charge is 0.382 e. The van der Waals surface area contributed by atoms with Crippen LogP contribution in [0.4, 0.5) is 14.5 Å². The second-order valence-electron chi connectivity index (χ2n) is 7.77. The van der Waals surface area contributed by atoms with E-state index in [2.05, 4.69) is 33.1 Å². The van der Waals surface area contributed by atoms with E-state index in [1.54, 1.807) is 42.5 Å². The molecule has 1 fully saturated rings. The molecule has 1 unspecified atom stereocenters. The van der Waals surface area contributed by atoms with E-state index in [9.17, 15) is 17.2 Å². The number of rotatable bonds is 7. The van der Waals surface area contributed by atoms with Crippen molar-refractivity contribution in [3.05, 3.63) is 76.9 Å². The van der Waals surface area contributed by atoms with Crippen molar-refractivity contribution in [3.8, 4) is 0 Å². The fraction of sp³-hybridized carbons (Fsp3) is 0.304. The van der Waals surface area contributed by atoms with Crippen molar-refractivity contribution >= 4 is 42.5 Å². The topological polar surface area (TPSA) is 63.1 Å². The number of anilines is 1. The smallest absolute Gasteiger partial charge is 0.266 e. The number of fused-ring (bicyclic) bond motifs is 1. The van der Waals surface area contributed by atoms with Crippen molar-refractivity contribution in [2.75, 3.05) is 18.4 Å². The number of aromatic nitrogens is 1. The van der Waals surface area contributed by atoms with Crippen LogP contribution >= 0.6 is 15.9 Å². The molecule has 0 spiro atoms. The summed E-state index contributed by atoms with van der Waals surface area (Å²) in [5.74, 6) is 0. The van der Waals surface area contributed by atoms with Crippen molar-refractivity contribution in [2.45, 2.75) is 30.6 Å². The summed E-state index contributed by atoms with van der Waals surface area (Å²) in [4.78, 5) is 0. The Balaban J connectivity index is 1.86. The van der Waals surface area contributed by atoms with Gasteiger partial charge in [-0.05, 0) is 49.7 Å². The number of halogens is 3. The van der Waals surface area contributed by atoms with Gasteiger partial charge in [0.2, 0.25) is 10.0 Å². The van der Waals surface area contributed by atoms with Gasteiger partial charge in [-0.2, -0.15) is 0 Å². The third kappa shape index (κ3) is 4.21. The standard InChI is InChI=1S/C23H24BrF2N3O2S/c1-2-21(16-6-3-4-7-18(16)24)32(30,31)29-14-17(23(25)26)22-19(8-5-9-20(22)29)28-15-10-12-27-13-11-15/h2-9,14-15,21,23,27-28H,1,10-13H2. The minimum absolute atomic E-state index is 0.133. The predicted molar refractivity (Wildman–Crippen MR) is 128 cm³/mol. The van der Waals surface area contributed by atoms with Crippen LogP contribution in [0.15, 0.2) is 65.8 Å². The zero-order chi connectivity index (χ0) is 22.9. The summed E-state index contributed by atoms with van der Waals surface area (Å²) in [5, 5.41) is 5.76. The summed E-state index contributed by atoms with van der Waals surface area (Å²) in [5.41, 5.74) is 0.926. The Hall–Kier alpha value is -2.23. The van der Waals surface area contributed by atoms with Crippen molar-refractivity contribution in [1.82, 2.24) is 9.29 Å². The van der Waals surface area contributed by atoms with E-state index in [0.29, 0.717) is 15.7 Å². The first-order chi connectivity index (χ1) is 15.3. The molecule has 0 aliphatic carbocycles. The normalized spacial score (nSPS) is 16.4.